The second kappa shape index (κ2) is 5.89. The average molecular weight is 259 g/mol. The molecule has 0 bridgehead atoms. The van der Waals surface area contributed by atoms with Gasteiger partial charge >= 0.3 is 0 Å². The van der Waals surface area contributed by atoms with Gasteiger partial charge in [-0.2, -0.15) is 0 Å². The van der Waals surface area contributed by atoms with Crippen LogP contribution < -0.4 is 10.5 Å². The van der Waals surface area contributed by atoms with E-state index in [4.69, 9.17) is 5.73 Å². The topological polar surface area (TPSA) is 101 Å². The van der Waals surface area contributed by atoms with Crippen molar-refractivity contribution in [2.24, 2.45) is 0 Å². The molecule has 0 unspecified atom stereocenters. The number of hydrogen-bond acceptors (Lipinski definition) is 6. The summed E-state index contributed by atoms with van der Waals surface area (Å²) in [6.07, 6.45) is 2.38. The summed E-state index contributed by atoms with van der Waals surface area (Å²) < 4.78 is 26.0. The molecular weight excluding hydrogens is 242 g/mol. The summed E-state index contributed by atoms with van der Waals surface area (Å²) in [6, 6.07) is 0. The van der Waals surface area contributed by atoms with Crippen LogP contribution in [-0.2, 0) is 10.0 Å². The van der Waals surface area contributed by atoms with Gasteiger partial charge in [-0.1, -0.05) is 6.92 Å². The lowest BCUT2D eigenvalue weighted by atomic mass is 10.5. The summed E-state index contributed by atoms with van der Waals surface area (Å²) in [5, 5.41) is 0. The van der Waals surface area contributed by atoms with Crippen molar-refractivity contribution in [2.45, 2.75) is 11.8 Å². The Hall–Kier alpha value is -1.25. The van der Waals surface area contributed by atoms with Crippen LogP contribution >= 0.6 is 0 Å². The molecule has 0 amide bonds. The first kappa shape index (κ1) is 13.8. The number of nitrogens with one attached hydrogen (secondary N) is 1. The van der Waals surface area contributed by atoms with E-state index in [2.05, 4.69) is 14.7 Å². The predicted octanol–water partition coefficient (Wildman–Crippen LogP) is -0.711. The fourth-order valence-corrected chi connectivity index (χ4v) is 1.99. The third kappa shape index (κ3) is 4.25. The van der Waals surface area contributed by atoms with E-state index < -0.39 is 10.0 Å². The molecule has 96 valence electrons. The Kier molecular flexibility index (Phi) is 4.79. The SMILES string of the molecule is CCN(C)CCNS(=O)(=O)c1cnc(N)nc1. The fraction of sp³-hybridized carbons (Fsp3) is 0.556. The van der Waals surface area contributed by atoms with Gasteiger partial charge in [-0.15, -0.1) is 0 Å². The van der Waals surface area contributed by atoms with E-state index in [-0.39, 0.29) is 10.8 Å². The maximum Gasteiger partial charge on any atom is 0.243 e. The zero-order valence-corrected chi connectivity index (χ0v) is 10.7. The van der Waals surface area contributed by atoms with Gasteiger partial charge in [0, 0.05) is 13.1 Å². The lowest BCUT2D eigenvalue weighted by Gasteiger charge is -2.13. The minimum absolute atomic E-state index is 0.0193. The second-order valence-corrected chi connectivity index (χ2v) is 5.34. The number of nitrogen functional groups attached to an aromatic ring is 1. The first-order chi connectivity index (χ1) is 7.95. The van der Waals surface area contributed by atoms with E-state index in [1.807, 2.05) is 18.9 Å². The van der Waals surface area contributed by atoms with Crippen LogP contribution in [0.5, 0.6) is 0 Å². The summed E-state index contributed by atoms with van der Waals surface area (Å²) >= 11 is 0. The van der Waals surface area contributed by atoms with Crippen LogP contribution in [0.4, 0.5) is 5.95 Å². The van der Waals surface area contributed by atoms with Crippen LogP contribution in [0, 0.1) is 0 Å². The number of rotatable bonds is 6. The number of nitrogens with two attached hydrogens (primary N) is 1. The Morgan fingerprint density at radius 2 is 2.00 bits per heavy atom. The van der Waals surface area contributed by atoms with Gasteiger partial charge in [0.2, 0.25) is 16.0 Å². The molecule has 0 aromatic carbocycles. The number of nitrogens with zero attached hydrogens (tertiary/aromatic N) is 3. The number of sulfonamides is 1. The molecule has 0 aliphatic rings. The number of likely N-dealkylation sites (N-methyl/N-ethyl adjacent to an activating group) is 1. The first-order valence-electron chi connectivity index (χ1n) is 5.21. The minimum Gasteiger partial charge on any atom is -0.368 e. The lowest BCUT2D eigenvalue weighted by molar-refractivity contribution is 0.358. The molecule has 8 heteroatoms. The highest BCUT2D eigenvalue weighted by Crippen LogP contribution is 2.05. The highest BCUT2D eigenvalue weighted by atomic mass is 32.2. The van der Waals surface area contributed by atoms with Crippen molar-refractivity contribution in [3.05, 3.63) is 12.4 Å². The first-order valence-corrected chi connectivity index (χ1v) is 6.69. The van der Waals surface area contributed by atoms with Crippen molar-refractivity contribution in [3.63, 3.8) is 0 Å². The van der Waals surface area contributed by atoms with E-state index in [0.29, 0.717) is 13.1 Å². The average Bonchev–Trinajstić information content (AvgIpc) is 2.29. The predicted molar refractivity (Wildman–Crippen MR) is 64.8 cm³/mol. The van der Waals surface area contributed by atoms with Gasteiger partial charge in [-0.05, 0) is 13.6 Å². The van der Waals surface area contributed by atoms with Crippen LogP contribution in [0.2, 0.25) is 0 Å². The minimum atomic E-state index is -3.54. The molecule has 1 rings (SSSR count). The van der Waals surface area contributed by atoms with E-state index in [0.717, 1.165) is 6.54 Å². The third-order valence-electron chi connectivity index (χ3n) is 2.28. The highest BCUT2D eigenvalue weighted by molar-refractivity contribution is 7.89. The van der Waals surface area contributed by atoms with Crippen molar-refractivity contribution < 1.29 is 8.42 Å². The highest BCUT2D eigenvalue weighted by Gasteiger charge is 2.14. The largest absolute Gasteiger partial charge is 0.368 e. The number of hydrogen-bond donors (Lipinski definition) is 2. The van der Waals surface area contributed by atoms with Gasteiger partial charge in [-0.25, -0.2) is 23.1 Å². The van der Waals surface area contributed by atoms with E-state index in [1.54, 1.807) is 0 Å². The van der Waals surface area contributed by atoms with E-state index in [1.165, 1.54) is 12.4 Å². The fourth-order valence-electron chi connectivity index (χ4n) is 1.08. The molecule has 1 aromatic rings. The van der Waals surface area contributed by atoms with Crippen LogP contribution in [0.15, 0.2) is 17.3 Å². The smallest absolute Gasteiger partial charge is 0.243 e. The molecule has 0 spiro atoms. The normalized spacial score (nSPS) is 11.9. The van der Waals surface area contributed by atoms with Crippen LogP contribution in [0.25, 0.3) is 0 Å². The molecule has 0 aliphatic carbocycles. The summed E-state index contributed by atoms with van der Waals surface area (Å²) in [7, 11) is -1.62. The number of anilines is 1. The standard InChI is InChI=1S/C9H17N5O2S/c1-3-14(2)5-4-13-17(15,16)8-6-11-9(10)12-7-8/h6-7,13H,3-5H2,1-2H3,(H2,10,11,12). The van der Waals surface area contributed by atoms with E-state index in [9.17, 15) is 8.42 Å². The van der Waals surface area contributed by atoms with Gasteiger partial charge in [0.1, 0.15) is 4.90 Å². The second-order valence-electron chi connectivity index (χ2n) is 3.57. The maximum atomic E-state index is 11.8. The molecule has 3 N–H and O–H groups in total. The van der Waals surface area contributed by atoms with Gasteiger partial charge < -0.3 is 10.6 Å². The molecule has 0 fully saturated rings. The lowest BCUT2D eigenvalue weighted by Crippen LogP contribution is -2.33. The van der Waals surface area contributed by atoms with E-state index >= 15 is 0 Å². The molecule has 1 heterocycles. The molecule has 7 nitrogen and oxygen atoms in total. The maximum absolute atomic E-state index is 11.8. The number of aromatic nitrogens is 2. The molecule has 0 aliphatic heterocycles. The quantitative estimate of drug-likeness (QED) is 0.700. The monoisotopic (exact) mass is 259 g/mol. The van der Waals surface area contributed by atoms with Crippen LogP contribution in [0.1, 0.15) is 6.92 Å². The zero-order chi connectivity index (χ0) is 12.9. The van der Waals surface area contributed by atoms with Crippen molar-refractivity contribution in [3.8, 4) is 0 Å². The third-order valence-corrected chi connectivity index (χ3v) is 3.70. The molecule has 0 saturated carbocycles. The molecule has 0 atom stereocenters. The van der Waals surface area contributed by atoms with Gasteiger partial charge in [0.05, 0.1) is 12.4 Å². The van der Waals surface area contributed by atoms with Crippen molar-refractivity contribution in [1.29, 1.82) is 0 Å². The van der Waals surface area contributed by atoms with Crippen molar-refractivity contribution >= 4 is 16.0 Å². The Morgan fingerprint density at radius 3 is 2.53 bits per heavy atom. The molecule has 0 radical (unpaired) electrons. The van der Waals surface area contributed by atoms with Crippen molar-refractivity contribution in [1.82, 2.24) is 19.6 Å². The van der Waals surface area contributed by atoms with Crippen LogP contribution in [-0.4, -0.2) is 50.0 Å². The summed E-state index contributed by atoms with van der Waals surface area (Å²) in [6.45, 7) is 3.86. The van der Waals surface area contributed by atoms with Crippen LogP contribution in [0.3, 0.4) is 0 Å². The molecule has 17 heavy (non-hydrogen) atoms. The van der Waals surface area contributed by atoms with Gasteiger partial charge in [0.15, 0.2) is 0 Å². The summed E-state index contributed by atoms with van der Waals surface area (Å²) in [5.74, 6) is 0.0506. The van der Waals surface area contributed by atoms with Crippen molar-refractivity contribution in [2.75, 3.05) is 32.4 Å². The van der Waals surface area contributed by atoms with Gasteiger partial charge in [-0.3, -0.25) is 0 Å². The molecular formula is C9H17N5O2S. The Labute approximate surface area is 101 Å². The summed E-state index contributed by atoms with van der Waals surface area (Å²) in [5.41, 5.74) is 5.28. The Bertz CT molecular complexity index is 445. The molecule has 0 saturated heterocycles. The Balaban J connectivity index is 2.60. The molecule has 1 aromatic heterocycles. The summed E-state index contributed by atoms with van der Waals surface area (Å²) in [4.78, 5) is 9.30. The van der Waals surface area contributed by atoms with Gasteiger partial charge in [0.25, 0.3) is 0 Å². The zero-order valence-electron chi connectivity index (χ0n) is 9.92. The Morgan fingerprint density at radius 1 is 1.41 bits per heavy atom.